The molecular weight excluding hydrogens is 312 g/mol. The van der Waals surface area contributed by atoms with Crippen LogP contribution in [0.1, 0.15) is 44.5 Å². The zero-order valence-electron chi connectivity index (χ0n) is 17.5. The molecule has 0 nitrogen and oxygen atoms in total. The Morgan fingerprint density at radius 3 is 1.08 bits per heavy atom. The Bertz CT molecular complexity index is 921. The first-order chi connectivity index (χ1) is 12.2. The van der Waals surface area contributed by atoms with Crippen LogP contribution in [0.5, 0.6) is 0 Å². The third kappa shape index (κ3) is 2.88. The van der Waals surface area contributed by atoms with Gasteiger partial charge in [0, 0.05) is 0 Å². The fraction of sp³-hybridized carbons (Fsp3) is 0.308. The molecule has 0 heteroatoms. The fourth-order valence-electron chi connectivity index (χ4n) is 3.94. The number of hydrogen-bond acceptors (Lipinski definition) is 0. The van der Waals surface area contributed by atoms with Gasteiger partial charge in [0.1, 0.15) is 0 Å². The Labute approximate surface area is 158 Å². The highest BCUT2D eigenvalue weighted by Crippen LogP contribution is 2.39. The second-order valence-corrected chi connectivity index (χ2v) is 7.78. The van der Waals surface area contributed by atoms with Gasteiger partial charge in [0.25, 0.3) is 0 Å². The minimum absolute atomic E-state index is 1.34. The lowest BCUT2D eigenvalue weighted by Gasteiger charge is -2.20. The topological polar surface area (TPSA) is 0 Å². The summed E-state index contributed by atoms with van der Waals surface area (Å²) in [5, 5.41) is 0. The Morgan fingerprint density at radius 1 is 0.385 bits per heavy atom. The summed E-state index contributed by atoms with van der Waals surface area (Å²) in [7, 11) is 0. The second kappa shape index (κ2) is 6.76. The van der Waals surface area contributed by atoms with Crippen LogP contribution in [0.3, 0.4) is 0 Å². The van der Waals surface area contributed by atoms with Gasteiger partial charge in [0.15, 0.2) is 0 Å². The molecule has 26 heavy (non-hydrogen) atoms. The van der Waals surface area contributed by atoms with E-state index >= 15 is 0 Å². The number of rotatable bonds is 2. The quantitative estimate of drug-likeness (QED) is 0.452. The average molecular weight is 343 g/mol. The third-order valence-corrected chi connectivity index (χ3v) is 6.47. The first kappa shape index (κ1) is 18.5. The molecule has 134 valence electrons. The van der Waals surface area contributed by atoms with E-state index in [2.05, 4.69) is 91.8 Å². The Kier molecular flexibility index (Phi) is 4.80. The first-order valence-electron chi connectivity index (χ1n) is 9.48. The van der Waals surface area contributed by atoms with Crippen LogP contribution in [0.4, 0.5) is 0 Å². The van der Waals surface area contributed by atoms with Crippen LogP contribution in [0.25, 0.3) is 22.3 Å². The van der Waals surface area contributed by atoms with Crippen molar-refractivity contribution in [1.82, 2.24) is 0 Å². The van der Waals surface area contributed by atoms with Crippen molar-refractivity contribution in [3.8, 4) is 22.3 Å². The van der Waals surface area contributed by atoms with E-state index in [4.69, 9.17) is 0 Å². The largest absolute Gasteiger partial charge is 0.0616 e. The van der Waals surface area contributed by atoms with Gasteiger partial charge in [-0.2, -0.15) is 0 Å². The molecule has 0 aliphatic rings. The number of aryl methyl sites for hydroxylation is 2. The normalized spacial score (nSPS) is 11.1. The zero-order chi connectivity index (χ0) is 19.2. The van der Waals surface area contributed by atoms with Gasteiger partial charge < -0.3 is 0 Å². The van der Waals surface area contributed by atoms with Crippen LogP contribution in [-0.4, -0.2) is 0 Å². The van der Waals surface area contributed by atoms with Crippen LogP contribution in [0.2, 0.25) is 0 Å². The van der Waals surface area contributed by atoms with Crippen LogP contribution >= 0.6 is 0 Å². The molecule has 0 fully saturated rings. The molecule has 0 saturated heterocycles. The van der Waals surface area contributed by atoms with Gasteiger partial charge in [-0.3, -0.25) is 0 Å². The standard InChI is InChI=1S/C26H30/c1-15-13-25(21(7)19(5)17(15)3)23-11-9-10-12-24(23)26-14-16(2)18(4)20(6)22(26)8/h9-14H,1-8H3. The lowest BCUT2D eigenvalue weighted by Crippen LogP contribution is -1.98. The van der Waals surface area contributed by atoms with Crippen molar-refractivity contribution >= 4 is 0 Å². The predicted molar refractivity (Wildman–Crippen MR) is 115 cm³/mol. The maximum Gasteiger partial charge on any atom is -0.0102 e. The van der Waals surface area contributed by atoms with Crippen molar-refractivity contribution in [3.63, 3.8) is 0 Å². The van der Waals surface area contributed by atoms with E-state index in [0.717, 1.165) is 0 Å². The molecule has 0 N–H and O–H groups in total. The molecule has 0 radical (unpaired) electrons. The molecule has 0 amide bonds. The Morgan fingerprint density at radius 2 is 0.731 bits per heavy atom. The molecule has 0 bridgehead atoms. The first-order valence-corrected chi connectivity index (χ1v) is 9.48. The molecule has 0 saturated carbocycles. The molecule has 0 heterocycles. The molecule has 0 atom stereocenters. The maximum absolute atomic E-state index is 2.36. The lowest BCUT2D eigenvalue weighted by atomic mass is 9.84. The van der Waals surface area contributed by atoms with Crippen molar-refractivity contribution in [2.45, 2.75) is 55.4 Å². The van der Waals surface area contributed by atoms with Gasteiger partial charge in [-0.1, -0.05) is 36.4 Å². The van der Waals surface area contributed by atoms with Gasteiger partial charge >= 0.3 is 0 Å². The highest BCUT2D eigenvalue weighted by molar-refractivity contribution is 5.87. The molecule has 3 aromatic carbocycles. The van der Waals surface area contributed by atoms with Crippen LogP contribution in [-0.2, 0) is 0 Å². The second-order valence-electron chi connectivity index (χ2n) is 7.78. The highest BCUT2D eigenvalue weighted by Gasteiger charge is 2.16. The maximum atomic E-state index is 2.36. The van der Waals surface area contributed by atoms with E-state index in [1.807, 2.05) is 0 Å². The summed E-state index contributed by atoms with van der Waals surface area (Å²) in [6.45, 7) is 17.9. The third-order valence-electron chi connectivity index (χ3n) is 6.47. The number of hydrogen-bond donors (Lipinski definition) is 0. The summed E-state index contributed by atoms with van der Waals surface area (Å²) in [6, 6.07) is 13.6. The van der Waals surface area contributed by atoms with E-state index in [9.17, 15) is 0 Å². The molecule has 3 rings (SSSR count). The molecule has 0 aliphatic carbocycles. The van der Waals surface area contributed by atoms with Gasteiger partial charge in [-0.05, 0) is 122 Å². The summed E-state index contributed by atoms with van der Waals surface area (Å²) in [5.74, 6) is 0. The van der Waals surface area contributed by atoms with E-state index in [1.54, 1.807) is 0 Å². The van der Waals surface area contributed by atoms with Crippen LogP contribution in [0, 0.1) is 55.4 Å². The van der Waals surface area contributed by atoms with Crippen molar-refractivity contribution in [2.75, 3.05) is 0 Å². The number of benzene rings is 3. The van der Waals surface area contributed by atoms with Gasteiger partial charge in [0.2, 0.25) is 0 Å². The van der Waals surface area contributed by atoms with Crippen molar-refractivity contribution in [1.29, 1.82) is 0 Å². The minimum atomic E-state index is 1.34. The lowest BCUT2D eigenvalue weighted by molar-refractivity contribution is 1.21. The minimum Gasteiger partial charge on any atom is -0.0616 e. The van der Waals surface area contributed by atoms with E-state index < -0.39 is 0 Å². The molecule has 0 unspecified atom stereocenters. The molecule has 3 aromatic rings. The van der Waals surface area contributed by atoms with Crippen LogP contribution < -0.4 is 0 Å². The van der Waals surface area contributed by atoms with Crippen molar-refractivity contribution in [2.24, 2.45) is 0 Å². The molecule has 0 aliphatic heterocycles. The smallest absolute Gasteiger partial charge is 0.0102 e. The SMILES string of the molecule is Cc1cc(-c2ccccc2-c2cc(C)c(C)c(C)c2C)c(C)c(C)c1C. The van der Waals surface area contributed by atoms with E-state index in [-0.39, 0.29) is 0 Å². The van der Waals surface area contributed by atoms with Crippen molar-refractivity contribution < 1.29 is 0 Å². The summed E-state index contributed by atoms with van der Waals surface area (Å²) in [5.41, 5.74) is 16.5. The highest BCUT2D eigenvalue weighted by atomic mass is 14.2. The van der Waals surface area contributed by atoms with Gasteiger partial charge in [0.05, 0.1) is 0 Å². The van der Waals surface area contributed by atoms with E-state index in [0.29, 0.717) is 0 Å². The Balaban J connectivity index is 2.34. The van der Waals surface area contributed by atoms with Gasteiger partial charge in [-0.25, -0.2) is 0 Å². The van der Waals surface area contributed by atoms with Crippen molar-refractivity contribution in [3.05, 3.63) is 80.9 Å². The predicted octanol–water partition coefficient (Wildman–Crippen LogP) is 7.49. The summed E-state index contributed by atoms with van der Waals surface area (Å²) in [4.78, 5) is 0. The monoisotopic (exact) mass is 342 g/mol. The summed E-state index contributed by atoms with van der Waals surface area (Å²) in [6.07, 6.45) is 0. The summed E-state index contributed by atoms with van der Waals surface area (Å²) >= 11 is 0. The average Bonchev–Trinajstić information content (AvgIpc) is 2.64. The molecule has 0 aromatic heterocycles. The summed E-state index contributed by atoms with van der Waals surface area (Å²) < 4.78 is 0. The van der Waals surface area contributed by atoms with Gasteiger partial charge in [-0.15, -0.1) is 0 Å². The van der Waals surface area contributed by atoms with E-state index in [1.165, 1.54) is 66.8 Å². The molecule has 0 spiro atoms. The Hall–Kier alpha value is -2.34. The zero-order valence-corrected chi connectivity index (χ0v) is 17.5. The molecular formula is C26H30. The van der Waals surface area contributed by atoms with Crippen LogP contribution in [0.15, 0.2) is 36.4 Å². The fourth-order valence-corrected chi connectivity index (χ4v) is 3.94.